The van der Waals surface area contributed by atoms with E-state index in [1.54, 1.807) is 67.6 Å². The number of halogens is 4. The Labute approximate surface area is 335 Å². The van der Waals surface area contributed by atoms with Crippen molar-refractivity contribution < 1.29 is 31.9 Å². The summed E-state index contributed by atoms with van der Waals surface area (Å²) < 4.78 is 48.3. The third-order valence-corrected chi connectivity index (χ3v) is 7.30. The molecule has 3 rings (SSSR count). The van der Waals surface area contributed by atoms with E-state index in [0.717, 1.165) is 25.1 Å². The van der Waals surface area contributed by atoms with Gasteiger partial charge in [-0.1, -0.05) is 153 Å². The number of amides is 2. The van der Waals surface area contributed by atoms with Crippen LogP contribution in [0.1, 0.15) is 115 Å². The van der Waals surface area contributed by atoms with Gasteiger partial charge in [-0.2, -0.15) is 13.2 Å². The molecule has 0 aliphatic carbocycles. The Kier molecular flexibility index (Phi) is 35.9. The fourth-order valence-electron chi connectivity index (χ4n) is 5.00. The predicted octanol–water partition coefficient (Wildman–Crippen LogP) is 11.2. The molecule has 0 aliphatic heterocycles. The highest BCUT2D eigenvalue weighted by molar-refractivity contribution is 5.98. The summed E-state index contributed by atoms with van der Waals surface area (Å²) in [6, 6.07) is 25.2. The first kappa shape index (κ1) is 55.8. The average molecular weight is 788 g/mol. The van der Waals surface area contributed by atoms with Crippen LogP contribution in [0, 0.1) is 0 Å². The van der Waals surface area contributed by atoms with E-state index in [1.807, 2.05) is 71.9 Å². The van der Waals surface area contributed by atoms with Gasteiger partial charge in [0.1, 0.15) is 13.2 Å². The molecule has 0 bridgehead atoms. The highest BCUT2D eigenvalue weighted by Gasteiger charge is 2.42. The molecule has 0 aromatic heterocycles. The molecule has 3 N–H and O–H groups in total. The highest BCUT2D eigenvalue weighted by atomic mass is 19.4. The molecule has 3 aromatic carbocycles. The van der Waals surface area contributed by atoms with Crippen LogP contribution in [-0.2, 0) is 21.4 Å². The van der Waals surface area contributed by atoms with Gasteiger partial charge in [0, 0.05) is 18.5 Å². The quantitative estimate of drug-likeness (QED) is 0.0584. The van der Waals surface area contributed by atoms with Crippen molar-refractivity contribution in [2.75, 3.05) is 32.9 Å². The normalized spacial score (nSPS) is 10.2. The Morgan fingerprint density at radius 3 is 1.59 bits per heavy atom. The molecule has 0 radical (unpaired) electrons. The van der Waals surface area contributed by atoms with Crippen molar-refractivity contribution >= 4 is 17.6 Å². The largest absolute Gasteiger partial charge is 0.405 e. The van der Waals surface area contributed by atoms with E-state index in [2.05, 4.69) is 36.4 Å². The molecular weight excluding hydrogens is 719 g/mol. The number of allylic oxidation sites excluding steroid dienone is 3. The molecule has 0 aliphatic rings. The molecular formula is C46H69F4N3O3. The average Bonchev–Trinajstić information content (AvgIpc) is 3.23. The van der Waals surface area contributed by atoms with Crippen molar-refractivity contribution in [1.29, 1.82) is 0 Å². The van der Waals surface area contributed by atoms with Gasteiger partial charge in [-0.05, 0) is 68.1 Å². The van der Waals surface area contributed by atoms with E-state index >= 15 is 0 Å². The van der Waals surface area contributed by atoms with Crippen LogP contribution >= 0.6 is 0 Å². The van der Waals surface area contributed by atoms with Gasteiger partial charge < -0.3 is 16.0 Å². The Morgan fingerprint density at radius 2 is 1.20 bits per heavy atom. The number of rotatable bonds is 16. The van der Waals surface area contributed by atoms with E-state index in [1.165, 1.54) is 18.6 Å². The molecule has 6 nitrogen and oxygen atoms in total. The van der Waals surface area contributed by atoms with E-state index in [-0.39, 0.29) is 18.1 Å². The number of hydrogen-bond acceptors (Lipinski definition) is 4. The van der Waals surface area contributed by atoms with Crippen LogP contribution in [0.25, 0.3) is 0 Å². The Bertz CT molecular complexity index is 1400. The van der Waals surface area contributed by atoms with Crippen LogP contribution in [0.2, 0.25) is 0 Å². The lowest BCUT2D eigenvalue weighted by Gasteiger charge is -2.33. The zero-order chi connectivity index (χ0) is 43.3. The number of carbonyl (C=O) groups excluding carboxylic acids is 3. The van der Waals surface area contributed by atoms with Crippen LogP contribution in [-0.4, -0.2) is 56.6 Å². The van der Waals surface area contributed by atoms with Crippen LogP contribution in [0.15, 0.2) is 110 Å². The third-order valence-electron chi connectivity index (χ3n) is 7.30. The maximum absolute atomic E-state index is 12.9. The van der Waals surface area contributed by atoms with E-state index in [0.29, 0.717) is 36.1 Å². The second-order valence-electron chi connectivity index (χ2n) is 11.5. The zero-order valence-corrected chi connectivity index (χ0v) is 35.3. The fraction of sp³-hybridized carbons (Fsp3) is 0.457. The summed E-state index contributed by atoms with van der Waals surface area (Å²) >= 11 is 0. The summed E-state index contributed by atoms with van der Waals surface area (Å²) in [7, 11) is 0. The minimum absolute atomic E-state index is 0.00763. The number of nitrogens with one attached hydrogen (secondary N) is 3. The van der Waals surface area contributed by atoms with Crippen molar-refractivity contribution in [2.24, 2.45) is 0 Å². The van der Waals surface area contributed by atoms with Gasteiger partial charge >= 0.3 is 6.18 Å². The van der Waals surface area contributed by atoms with Crippen molar-refractivity contribution in [3.63, 3.8) is 0 Å². The van der Waals surface area contributed by atoms with Crippen molar-refractivity contribution in [3.05, 3.63) is 132 Å². The summed E-state index contributed by atoms with van der Waals surface area (Å²) in [5, 5.41) is 8.11. The van der Waals surface area contributed by atoms with Crippen LogP contribution < -0.4 is 16.0 Å². The zero-order valence-electron chi connectivity index (χ0n) is 35.3. The second-order valence-corrected chi connectivity index (χ2v) is 11.5. The first-order valence-electron chi connectivity index (χ1n) is 19.8. The molecule has 0 saturated heterocycles. The maximum Gasteiger partial charge on any atom is 0.405 e. The summed E-state index contributed by atoms with van der Waals surface area (Å²) in [5.41, 5.74) is 1.61. The van der Waals surface area contributed by atoms with Gasteiger partial charge in [0.05, 0.1) is 5.41 Å². The Morgan fingerprint density at radius 1 is 0.714 bits per heavy atom. The fourth-order valence-corrected chi connectivity index (χ4v) is 5.00. The molecule has 10 heteroatoms. The minimum atomic E-state index is -4.44. The number of ketones is 1. The molecule has 56 heavy (non-hydrogen) atoms. The molecule has 0 heterocycles. The number of alkyl halides is 4. The second kappa shape index (κ2) is 36.1. The number of carbonyl (C=O) groups is 3. The van der Waals surface area contributed by atoms with Crippen molar-refractivity contribution in [1.82, 2.24) is 16.0 Å². The lowest BCUT2D eigenvalue weighted by atomic mass is 9.70. The summed E-state index contributed by atoms with van der Waals surface area (Å²) in [4.78, 5) is 36.4. The maximum atomic E-state index is 12.9. The molecule has 0 saturated carbocycles. The first-order chi connectivity index (χ1) is 26.9. The van der Waals surface area contributed by atoms with Crippen molar-refractivity contribution in [3.8, 4) is 0 Å². The van der Waals surface area contributed by atoms with Crippen LogP contribution in [0.4, 0.5) is 17.6 Å². The van der Waals surface area contributed by atoms with E-state index in [4.69, 9.17) is 0 Å². The van der Waals surface area contributed by atoms with E-state index in [9.17, 15) is 31.9 Å². The SMILES string of the molecule is C/C=C/C(=O)Cc1ccccc1C(=O)NCCC.C=CCF.CC.CC.CCCC(C(=O)NCC(F)(F)F)(c1ccccc1)c1ccccc1.CCCNCC. The Balaban J connectivity index is -0.000000768. The molecule has 0 spiro atoms. The van der Waals surface area contributed by atoms with Gasteiger partial charge in [-0.3, -0.25) is 14.4 Å². The highest BCUT2D eigenvalue weighted by Crippen LogP contribution is 2.37. The standard InChI is InChI=1S/C19H20F3NO.C15H19NO2.C5H13N.C3H5F.2C2H6/c1-2-13-18(15-9-5-3-6-10-15,16-11-7-4-8-12-16)17(24)23-14-19(20,21)22;1-3-7-13(17)11-12-8-5-6-9-14(12)15(18)16-10-4-2;1-3-5-6-4-2;1-2-3-4;2*1-2/h3-12H,2,13-14H2,1H3,(H,23,24);3,5-9H,4,10-11H2,1-2H3,(H,16,18);6H,3-5H2,1-2H3;2H,1,3H2;2*1-2H3/b;7-3+;;;;. The molecule has 2 amide bonds. The third kappa shape index (κ3) is 24.1. The van der Waals surface area contributed by atoms with Crippen molar-refractivity contribution in [2.45, 2.75) is 106 Å². The molecule has 0 atom stereocenters. The van der Waals surface area contributed by atoms with Crippen LogP contribution in [0.3, 0.4) is 0 Å². The van der Waals surface area contributed by atoms with Gasteiger partial charge in [0.15, 0.2) is 5.78 Å². The molecule has 0 unspecified atom stereocenters. The summed E-state index contributed by atoms with van der Waals surface area (Å²) in [6.45, 7) is 22.3. The monoisotopic (exact) mass is 788 g/mol. The molecule has 3 aromatic rings. The first-order valence-corrected chi connectivity index (χ1v) is 19.8. The van der Waals surface area contributed by atoms with Gasteiger partial charge in [0.2, 0.25) is 5.91 Å². The molecule has 314 valence electrons. The Hall–Kier alpha value is -4.57. The molecule has 0 fully saturated rings. The number of hydrogen-bond donors (Lipinski definition) is 3. The van der Waals surface area contributed by atoms with Crippen LogP contribution in [0.5, 0.6) is 0 Å². The number of benzene rings is 3. The lowest BCUT2D eigenvalue weighted by molar-refractivity contribution is -0.141. The van der Waals surface area contributed by atoms with Gasteiger partial charge in [-0.15, -0.1) is 6.58 Å². The smallest absolute Gasteiger partial charge is 0.352 e. The van der Waals surface area contributed by atoms with E-state index < -0.39 is 30.7 Å². The summed E-state index contributed by atoms with van der Waals surface area (Å²) in [6.07, 6.45) is 3.48. The summed E-state index contributed by atoms with van der Waals surface area (Å²) in [5.74, 6) is -0.729. The lowest BCUT2D eigenvalue weighted by Crippen LogP contribution is -2.48. The topological polar surface area (TPSA) is 87.3 Å². The van der Waals surface area contributed by atoms with Gasteiger partial charge in [0.25, 0.3) is 5.91 Å². The minimum Gasteiger partial charge on any atom is -0.352 e. The predicted molar refractivity (Wildman–Crippen MR) is 228 cm³/mol. The van der Waals surface area contributed by atoms with Gasteiger partial charge in [-0.25, -0.2) is 4.39 Å².